The van der Waals surface area contributed by atoms with Gasteiger partial charge in [0.05, 0.1) is 0 Å². The number of amides is 1. The van der Waals surface area contributed by atoms with Crippen molar-refractivity contribution < 1.29 is 4.79 Å². The zero-order chi connectivity index (χ0) is 18.7. The van der Waals surface area contributed by atoms with Crippen molar-refractivity contribution in [1.82, 2.24) is 15.0 Å². The number of rotatable bonds is 4. The van der Waals surface area contributed by atoms with Gasteiger partial charge in [-0.2, -0.15) is 5.26 Å². The standard InChI is InChI=1S/C18H23N7O/c1-10(2)22-16-15-12(7-14(8-19)23-16)9-21-18(24-15)25-17(26)11-4-3-5-13(20)6-11/h7,9-11,13H,3-6,20H2,1-2H3,(H,22,23)(H,21,24,25,26)/t11-,13+/m0/s1. The summed E-state index contributed by atoms with van der Waals surface area (Å²) in [6, 6.07) is 3.87. The average Bonchev–Trinajstić information content (AvgIpc) is 2.61. The van der Waals surface area contributed by atoms with Crippen molar-refractivity contribution in [2.45, 2.75) is 51.6 Å². The SMILES string of the molecule is CC(C)Nc1nc(C#N)cc2cnc(NC(=O)[C@H]3CCC[C@@H](N)C3)nc12. The van der Waals surface area contributed by atoms with Crippen LogP contribution in [0.1, 0.15) is 45.2 Å². The molecule has 1 aliphatic rings. The Kier molecular flexibility index (Phi) is 5.28. The van der Waals surface area contributed by atoms with Gasteiger partial charge in [0.15, 0.2) is 5.82 Å². The summed E-state index contributed by atoms with van der Waals surface area (Å²) in [4.78, 5) is 25.4. The number of nitrogens with zero attached hydrogens (tertiary/aromatic N) is 4. The molecular formula is C18H23N7O. The number of anilines is 2. The quantitative estimate of drug-likeness (QED) is 0.768. The minimum absolute atomic E-state index is 0.0764. The van der Waals surface area contributed by atoms with Crippen molar-refractivity contribution in [3.8, 4) is 6.07 Å². The lowest BCUT2D eigenvalue weighted by Crippen LogP contribution is -2.34. The van der Waals surface area contributed by atoms with Gasteiger partial charge < -0.3 is 11.1 Å². The van der Waals surface area contributed by atoms with Crippen molar-refractivity contribution in [2.24, 2.45) is 11.7 Å². The smallest absolute Gasteiger partial charge is 0.230 e. The van der Waals surface area contributed by atoms with E-state index in [4.69, 9.17) is 11.0 Å². The van der Waals surface area contributed by atoms with E-state index >= 15 is 0 Å². The molecule has 2 atom stereocenters. The van der Waals surface area contributed by atoms with Gasteiger partial charge in [-0.25, -0.2) is 15.0 Å². The predicted octanol–water partition coefficient (Wildman–Crippen LogP) is 2.17. The van der Waals surface area contributed by atoms with Gasteiger partial charge in [0, 0.05) is 29.6 Å². The number of hydrogen-bond acceptors (Lipinski definition) is 7. The van der Waals surface area contributed by atoms with Crippen LogP contribution in [0.4, 0.5) is 11.8 Å². The normalized spacial score (nSPS) is 20.0. The molecular weight excluding hydrogens is 330 g/mol. The van der Waals surface area contributed by atoms with Crippen molar-refractivity contribution >= 4 is 28.6 Å². The van der Waals surface area contributed by atoms with E-state index in [2.05, 4.69) is 25.6 Å². The van der Waals surface area contributed by atoms with Gasteiger partial charge in [0.2, 0.25) is 11.9 Å². The molecule has 0 spiro atoms. The fourth-order valence-electron chi connectivity index (χ4n) is 3.21. The minimum atomic E-state index is -0.106. The van der Waals surface area contributed by atoms with E-state index in [0.29, 0.717) is 23.1 Å². The number of hydrogen-bond donors (Lipinski definition) is 3. The van der Waals surface area contributed by atoms with Crippen molar-refractivity contribution in [3.63, 3.8) is 0 Å². The predicted molar refractivity (Wildman–Crippen MR) is 99.4 cm³/mol. The van der Waals surface area contributed by atoms with Crippen LogP contribution in [-0.2, 0) is 4.79 Å². The minimum Gasteiger partial charge on any atom is -0.366 e. The van der Waals surface area contributed by atoms with Crippen LogP contribution in [-0.4, -0.2) is 32.9 Å². The number of nitrogens with one attached hydrogen (secondary N) is 2. The van der Waals surface area contributed by atoms with Gasteiger partial charge >= 0.3 is 0 Å². The fraction of sp³-hybridized carbons (Fsp3) is 0.500. The van der Waals surface area contributed by atoms with Gasteiger partial charge in [-0.05, 0) is 39.2 Å². The largest absolute Gasteiger partial charge is 0.366 e. The summed E-state index contributed by atoms with van der Waals surface area (Å²) in [6.45, 7) is 3.95. The molecule has 136 valence electrons. The number of nitrogens with two attached hydrogens (primary N) is 1. The van der Waals surface area contributed by atoms with Crippen LogP contribution in [0.2, 0.25) is 0 Å². The van der Waals surface area contributed by atoms with Gasteiger partial charge in [-0.15, -0.1) is 0 Å². The maximum atomic E-state index is 12.5. The number of carbonyl (C=O) groups is 1. The third kappa shape index (κ3) is 4.06. The maximum absolute atomic E-state index is 12.5. The van der Waals surface area contributed by atoms with Gasteiger partial charge in [-0.3, -0.25) is 10.1 Å². The van der Waals surface area contributed by atoms with E-state index < -0.39 is 0 Å². The number of nitriles is 1. The highest BCUT2D eigenvalue weighted by Gasteiger charge is 2.26. The lowest BCUT2D eigenvalue weighted by Gasteiger charge is -2.25. The summed E-state index contributed by atoms with van der Waals surface area (Å²) in [6.07, 6.45) is 5.04. The molecule has 0 aromatic carbocycles. The molecule has 1 saturated carbocycles. The van der Waals surface area contributed by atoms with Crippen LogP contribution >= 0.6 is 0 Å². The number of fused-ring (bicyclic) bond motifs is 1. The van der Waals surface area contributed by atoms with Gasteiger partial charge in [-0.1, -0.05) is 6.42 Å². The second-order valence-corrected chi connectivity index (χ2v) is 7.01. The molecule has 2 aromatic heterocycles. The molecule has 3 rings (SSSR count). The molecule has 1 fully saturated rings. The van der Waals surface area contributed by atoms with E-state index in [1.165, 1.54) is 0 Å². The molecule has 1 aliphatic carbocycles. The summed E-state index contributed by atoms with van der Waals surface area (Å²) >= 11 is 0. The molecule has 0 saturated heterocycles. The lowest BCUT2D eigenvalue weighted by molar-refractivity contribution is -0.120. The van der Waals surface area contributed by atoms with Crippen LogP contribution in [0.3, 0.4) is 0 Å². The van der Waals surface area contributed by atoms with E-state index in [1.54, 1.807) is 12.3 Å². The molecule has 0 bridgehead atoms. The number of aromatic nitrogens is 3. The molecule has 1 amide bonds. The van der Waals surface area contributed by atoms with Crippen molar-refractivity contribution in [3.05, 3.63) is 18.0 Å². The maximum Gasteiger partial charge on any atom is 0.230 e. The first-order valence-corrected chi connectivity index (χ1v) is 8.87. The zero-order valence-electron chi connectivity index (χ0n) is 15.0. The summed E-state index contributed by atoms with van der Waals surface area (Å²) in [5.74, 6) is 0.538. The molecule has 0 unspecified atom stereocenters. The van der Waals surface area contributed by atoms with Crippen LogP contribution in [0.25, 0.3) is 10.9 Å². The van der Waals surface area contributed by atoms with Crippen molar-refractivity contribution in [2.75, 3.05) is 10.6 Å². The first kappa shape index (κ1) is 18.0. The monoisotopic (exact) mass is 353 g/mol. The Morgan fingerprint density at radius 2 is 2.19 bits per heavy atom. The molecule has 2 heterocycles. The Bertz CT molecular complexity index is 858. The Morgan fingerprint density at radius 1 is 1.38 bits per heavy atom. The topological polar surface area (TPSA) is 130 Å². The first-order valence-electron chi connectivity index (χ1n) is 8.87. The Balaban J connectivity index is 1.88. The molecule has 2 aromatic rings. The van der Waals surface area contributed by atoms with E-state index in [-0.39, 0.29) is 35.6 Å². The lowest BCUT2D eigenvalue weighted by atomic mass is 9.85. The third-order valence-electron chi connectivity index (χ3n) is 4.43. The average molecular weight is 353 g/mol. The van der Waals surface area contributed by atoms with E-state index in [9.17, 15) is 4.79 Å². The fourth-order valence-corrected chi connectivity index (χ4v) is 3.21. The highest BCUT2D eigenvalue weighted by molar-refractivity contribution is 5.94. The highest BCUT2D eigenvalue weighted by atomic mass is 16.2. The van der Waals surface area contributed by atoms with E-state index in [1.807, 2.05) is 19.9 Å². The molecule has 4 N–H and O–H groups in total. The highest BCUT2D eigenvalue weighted by Crippen LogP contribution is 2.25. The number of carbonyl (C=O) groups excluding carboxylic acids is 1. The van der Waals surface area contributed by atoms with Crippen molar-refractivity contribution in [1.29, 1.82) is 5.26 Å². The Labute approximate surface area is 152 Å². The summed E-state index contributed by atoms with van der Waals surface area (Å²) in [5.41, 5.74) is 6.83. The second-order valence-electron chi connectivity index (χ2n) is 7.01. The van der Waals surface area contributed by atoms with Crippen LogP contribution in [0.5, 0.6) is 0 Å². The molecule has 26 heavy (non-hydrogen) atoms. The second kappa shape index (κ2) is 7.62. The summed E-state index contributed by atoms with van der Waals surface area (Å²) in [5, 5.41) is 15.8. The first-order chi connectivity index (χ1) is 12.5. The van der Waals surface area contributed by atoms with Gasteiger partial charge in [0.25, 0.3) is 0 Å². The molecule has 8 nitrogen and oxygen atoms in total. The Morgan fingerprint density at radius 3 is 2.88 bits per heavy atom. The molecule has 8 heteroatoms. The zero-order valence-corrected chi connectivity index (χ0v) is 15.0. The van der Waals surface area contributed by atoms with E-state index in [0.717, 1.165) is 19.3 Å². The van der Waals surface area contributed by atoms with Crippen LogP contribution in [0, 0.1) is 17.2 Å². The van der Waals surface area contributed by atoms with Gasteiger partial charge in [0.1, 0.15) is 17.3 Å². The molecule has 0 radical (unpaired) electrons. The van der Waals surface area contributed by atoms with Crippen LogP contribution in [0.15, 0.2) is 12.3 Å². The number of pyridine rings is 1. The Hall–Kier alpha value is -2.79. The molecule has 0 aliphatic heterocycles. The summed E-state index contributed by atoms with van der Waals surface area (Å²) in [7, 11) is 0. The third-order valence-corrected chi connectivity index (χ3v) is 4.43. The summed E-state index contributed by atoms with van der Waals surface area (Å²) < 4.78 is 0. The van der Waals surface area contributed by atoms with Crippen LogP contribution < -0.4 is 16.4 Å².